The van der Waals surface area contributed by atoms with Gasteiger partial charge in [0.2, 0.25) is 0 Å². The molecular formula is C21H25NO4. The average molecular weight is 355 g/mol. The number of Topliss-reactive ketones (excluding diaryl/α,β-unsaturated/α-hetero) is 1. The van der Waals surface area contributed by atoms with Crippen molar-refractivity contribution in [3.8, 4) is 0 Å². The predicted octanol–water partition coefficient (Wildman–Crippen LogP) is 4.19. The number of pyridine rings is 1. The molecule has 138 valence electrons. The molecule has 0 amide bonds. The number of carboxylic acids is 1. The number of hydrogen-bond donors (Lipinski definition) is 1. The molecule has 0 spiro atoms. The van der Waals surface area contributed by atoms with E-state index >= 15 is 0 Å². The molecule has 1 fully saturated rings. The maximum Gasteiger partial charge on any atom is 0.336 e. The first-order valence-corrected chi connectivity index (χ1v) is 9.19. The molecule has 0 radical (unpaired) electrons. The number of ether oxygens (including phenoxy) is 1. The van der Waals surface area contributed by atoms with Gasteiger partial charge in [0, 0.05) is 29.7 Å². The Bertz CT molecular complexity index is 851. The zero-order valence-electron chi connectivity index (χ0n) is 15.5. The molecule has 3 rings (SSSR count). The topological polar surface area (TPSA) is 76.5 Å². The normalized spacial score (nSPS) is 20.3. The zero-order chi connectivity index (χ0) is 18.8. The fourth-order valence-electron chi connectivity index (χ4n) is 4.05. The third-order valence-corrected chi connectivity index (χ3v) is 5.52. The van der Waals surface area contributed by atoms with Gasteiger partial charge in [0.1, 0.15) is 0 Å². The first kappa shape index (κ1) is 18.5. The van der Waals surface area contributed by atoms with E-state index in [4.69, 9.17) is 4.74 Å². The minimum atomic E-state index is -0.970. The lowest BCUT2D eigenvalue weighted by molar-refractivity contribution is 0.0519. The first-order chi connectivity index (χ1) is 12.5. The Balaban J connectivity index is 2.01. The number of aryl methyl sites for hydroxylation is 1. The van der Waals surface area contributed by atoms with Gasteiger partial charge >= 0.3 is 5.97 Å². The summed E-state index contributed by atoms with van der Waals surface area (Å²) < 4.78 is 5.38. The molecule has 1 aromatic carbocycles. The maximum absolute atomic E-state index is 12.9. The number of carbonyl (C=O) groups excluding carboxylic acids is 1. The summed E-state index contributed by atoms with van der Waals surface area (Å²) in [6.45, 7) is 3.75. The minimum Gasteiger partial charge on any atom is -0.478 e. The highest BCUT2D eigenvalue weighted by Gasteiger charge is 2.27. The van der Waals surface area contributed by atoms with Crippen LogP contribution in [0, 0.1) is 12.8 Å². The molecule has 2 aromatic rings. The molecular weight excluding hydrogens is 330 g/mol. The van der Waals surface area contributed by atoms with Crippen LogP contribution in [0.5, 0.6) is 0 Å². The van der Waals surface area contributed by atoms with Gasteiger partial charge in [-0.05, 0) is 62.8 Å². The van der Waals surface area contributed by atoms with Crippen molar-refractivity contribution >= 4 is 22.7 Å². The summed E-state index contributed by atoms with van der Waals surface area (Å²) in [6, 6.07) is 5.26. The van der Waals surface area contributed by atoms with Gasteiger partial charge in [0.15, 0.2) is 5.78 Å². The number of rotatable bonds is 5. The summed E-state index contributed by atoms with van der Waals surface area (Å²) in [5.41, 5.74) is 2.93. The Morgan fingerprint density at radius 3 is 2.50 bits per heavy atom. The second-order valence-corrected chi connectivity index (χ2v) is 7.01. The second kappa shape index (κ2) is 7.54. The lowest BCUT2D eigenvalue weighted by Gasteiger charge is -2.26. The summed E-state index contributed by atoms with van der Waals surface area (Å²) in [5.74, 6) is -0.893. The van der Waals surface area contributed by atoms with E-state index in [2.05, 4.69) is 4.98 Å². The van der Waals surface area contributed by atoms with Gasteiger partial charge in [0.05, 0.1) is 17.2 Å². The quantitative estimate of drug-likeness (QED) is 0.814. The number of carboxylic acid groups (broad SMARTS) is 1. The van der Waals surface area contributed by atoms with Crippen LogP contribution in [-0.2, 0) is 11.2 Å². The molecule has 0 aliphatic heterocycles. The molecule has 0 atom stereocenters. The zero-order valence-corrected chi connectivity index (χ0v) is 15.5. The Labute approximate surface area is 153 Å². The number of carbonyl (C=O) groups is 2. The van der Waals surface area contributed by atoms with Gasteiger partial charge in [-0.2, -0.15) is 0 Å². The molecule has 26 heavy (non-hydrogen) atoms. The third kappa shape index (κ3) is 3.36. The number of benzene rings is 1. The molecule has 0 unspecified atom stereocenters. The Kier molecular flexibility index (Phi) is 5.37. The van der Waals surface area contributed by atoms with Crippen molar-refractivity contribution in [2.75, 3.05) is 7.11 Å². The minimum absolute atomic E-state index is 0.0174. The van der Waals surface area contributed by atoms with E-state index in [1.807, 2.05) is 13.8 Å². The number of hydrogen-bond acceptors (Lipinski definition) is 4. The number of fused-ring (bicyclic) bond motifs is 1. The van der Waals surface area contributed by atoms with Crippen LogP contribution in [0.15, 0.2) is 18.2 Å². The third-order valence-electron chi connectivity index (χ3n) is 5.52. The van der Waals surface area contributed by atoms with Crippen LogP contribution < -0.4 is 0 Å². The van der Waals surface area contributed by atoms with Crippen molar-refractivity contribution in [2.24, 2.45) is 5.92 Å². The molecule has 1 N–H and O–H groups in total. The van der Waals surface area contributed by atoms with Gasteiger partial charge in [-0.1, -0.05) is 6.92 Å². The number of aromatic carboxylic acids is 1. The molecule has 0 bridgehead atoms. The molecule has 1 aliphatic carbocycles. The summed E-state index contributed by atoms with van der Waals surface area (Å²) >= 11 is 0. The van der Waals surface area contributed by atoms with Gasteiger partial charge in [-0.15, -0.1) is 0 Å². The maximum atomic E-state index is 12.9. The van der Waals surface area contributed by atoms with E-state index < -0.39 is 5.97 Å². The van der Waals surface area contributed by atoms with Crippen molar-refractivity contribution in [1.82, 2.24) is 4.98 Å². The van der Waals surface area contributed by atoms with Gasteiger partial charge in [-0.25, -0.2) is 4.79 Å². The molecule has 5 heteroatoms. The molecule has 0 saturated heterocycles. The standard InChI is InChI=1S/C21H25NO4/c1-4-16-12(2)22-18-10-7-14(11-17(18)19(16)21(24)25)20(23)13-5-8-15(26-3)9-6-13/h7,10-11,13,15H,4-6,8-9H2,1-3H3,(H,24,25). The summed E-state index contributed by atoms with van der Waals surface area (Å²) in [4.78, 5) is 29.3. The predicted molar refractivity (Wildman–Crippen MR) is 99.9 cm³/mol. The van der Waals surface area contributed by atoms with Crippen LogP contribution in [-0.4, -0.2) is 35.1 Å². The van der Waals surface area contributed by atoms with Crippen LogP contribution >= 0.6 is 0 Å². The van der Waals surface area contributed by atoms with Crippen LogP contribution in [0.1, 0.15) is 64.6 Å². The summed E-state index contributed by atoms with van der Waals surface area (Å²) in [6.07, 6.45) is 4.24. The highest BCUT2D eigenvalue weighted by Crippen LogP contribution is 2.31. The van der Waals surface area contributed by atoms with E-state index in [1.165, 1.54) is 0 Å². The van der Waals surface area contributed by atoms with Gasteiger partial charge in [-0.3, -0.25) is 9.78 Å². The Morgan fingerprint density at radius 2 is 1.92 bits per heavy atom. The lowest BCUT2D eigenvalue weighted by Crippen LogP contribution is -2.25. The molecule has 1 aromatic heterocycles. The lowest BCUT2D eigenvalue weighted by atomic mass is 9.82. The highest BCUT2D eigenvalue weighted by molar-refractivity contribution is 6.07. The number of nitrogens with zero attached hydrogens (tertiary/aromatic N) is 1. The summed E-state index contributed by atoms with van der Waals surface area (Å²) in [7, 11) is 1.71. The second-order valence-electron chi connectivity index (χ2n) is 7.01. The fourth-order valence-corrected chi connectivity index (χ4v) is 4.05. The van der Waals surface area contributed by atoms with Crippen molar-refractivity contribution in [1.29, 1.82) is 0 Å². The Morgan fingerprint density at radius 1 is 1.23 bits per heavy atom. The van der Waals surface area contributed by atoms with E-state index in [-0.39, 0.29) is 23.4 Å². The SMILES string of the molecule is CCc1c(C)nc2ccc(C(=O)C3CCC(OC)CC3)cc2c1C(=O)O. The van der Waals surface area contributed by atoms with Crippen LogP contribution in [0.4, 0.5) is 0 Å². The number of ketones is 1. The van der Waals surface area contributed by atoms with Crippen LogP contribution in [0.3, 0.4) is 0 Å². The largest absolute Gasteiger partial charge is 0.478 e. The first-order valence-electron chi connectivity index (χ1n) is 9.19. The van der Waals surface area contributed by atoms with E-state index in [0.29, 0.717) is 22.9 Å². The van der Waals surface area contributed by atoms with Crippen molar-refractivity contribution in [2.45, 2.75) is 52.1 Å². The highest BCUT2D eigenvalue weighted by atomic mass is 16.5. The van der Waals surface area contributed by atoms with E-state index in [9.17, 15) is 14.7 Å². The summed E-state index contributed by atoms with van der Waals surface area (Å²) in [5, 5.41) is 10.3. The van der Waals surface area contributed by atoms with Gasteiger partial charge < -0.3 is 9.84 Å². The number of aromatic nitrogens is 1. The van der Waals surface area contributed by atoms with Crippen LogP contribution in [0.2, 0.25) is 0 Å². The van der Waals surface area contributed by atoms with Crippen LogP contribution in [0.25, 0.3) is 10.9 Å². The smallest absolute Gasteiger partial charge is 0.336 e. The number of methoxy groups -OCH3 is 1. The molecule has 1 heterocycles. The molecule has 5 nitrogen and oxygen atoms in total. The monoisotopic (exact) mass is 355 g/mol. The van der Waals surface area contributed by atoms with E-state index in [0.717, 1.165) is 36.9 Å². The van der Waals surface area contributed by atoms with Crippen molar-refractivity contribution in [3.05, 3.63) is 40.6 Å². The van der Waals surface area contributed by atoms with E-state index in [1.54, 1.807) is 25.3 Å². The molecule has 1 saturated carbocycles. The van der Waals surface area contributed by atoms with Crippen molar-refractivity contribution < 1.29 is 19.4 Å². The average Bonchev–Trinajstić information content (AvgIpc) is 2.65. The van der Waals surface area contributed by atoms with Gasteiger partial charge in [0.25, 0.3) is 0 Å². The van der Waals surface area contributed by atoms with Crippen molar-refractivity contribution in [3.63, 3.8) is 0 Å². The Hall–Kier alpha value is -2.27. The fraction of sp³-hybridized carbons (Fsp3) is 0.476. The molecule has 1 aliphatic rings.